The molecule has 2 unspecified atom stereocenters. The topological polar surface area (TPSA) is 52.6 Å². The number of aliphatic hydroxyl groups is 1. The fourth-order valence-electron chi connectivity index (χ4n) is 2.77. The molecule has 4 nitrogen and oxygen atoms in total. The summed E-state index contributed by atoms with van der Waals surface area (Å²) in [7, 11) is 0. The maximum atomic E-state index is 12.6. The van der Waals surface area contributed by atoms with E-state index in [0.29, 0.717) is 19.5 Å². The highest BCUT2D eigenvalue weighted by Gasteiger charge is 2.28. The van der Waals surface area contributed by atoms with E-state index < -0.39 is 0 Å². The van der Waals surface area contributed by atoms with Crippen LogP contribution in [0.2, 0.25) is 0 Å². The molecule has 0 radical (unpaired) electrons. The van der Waals surface area contributed by atoms with E-state index in [1.807, 2.05) is 36.9 Å². The summed E-state index contributed by atoms with van der Waals surface area (Å²) in [5, 5.41) is 13.1. The third kappa shape index (κ3) is 3.76. The van der Waals surface area contributed by atoms with E-state index in [2.05, 4.69) is 12.2 Å². The van der Waals surface area contributed by atoms with Crippen LogP contribution in [-0.4, -0.2) is 41.7 Å². The Morgan fingerprint density at radius 1 is 1.48 bits per heavy atom. The van der Waals surface area contributed by atoms with Gasteiger partial charge in [-0.1, -0.05) is 13.8 Å². The van der Waals surface area contributed by atoms with Crippen molar-refractivity contribution in [3.63, 3.8) is 0 Å². The number of aliphatic hydroxyl groups excluding tert-OH is 1. The van der Waals surface area contributed by atoms with Crippen LogP contribution in [0.15, 0.2) is 18.2 Å². The highest BCUT2D eigenvalue weighted by atomic mass is 16.3. The van der Waals surface area contributed by atoms with Crippen LogP contribution in [-0.2, 0) is 0 Å². The third-order valence-electron chi connectivity index (χ3n) is 4.18. The second kappa shape index (κ2) is 6.94. The molecule has 21 heavy (non-hydrogen) atoms. The average molecular weight is 290 g/mol. The van der Waals surface area contributed by atoms with Gasteiger partial charge in [-0.25, -0.2) is 0 Å². The lowest BCUT2D eigenvalue weighted by Crippen LogP contribution is -2.45. The van der Waals surface area contributed by atoms with E-state index in [9.17, 15) is 9.90 Å². The highest BCUT2D eigenvalue weighted by molar-refractivity contribution is 5.96. The molecule has 1 amide bonds. The van der Waals surface area contributed by atoms with Gasteiger partial charge in [-0.3, -0.25) is 4.79 Å². The fourth-order valence-corrected chi connectivity index (χ4v) is 2.77. The zero-order valence-electron chi connectivity index (χ0n) is 13.2. The average Bonchev–Trinajstić information content (AvgIpc) is 2.47. The van der Waals surface area contributed by atoms with Gasteiger partial charge in [0.05, 0.1) is 6.10 Å². The molecule has 1 heterocycles. The van der Waals surface area contributed by atoms with Crippen molar-refractivity contribution < 1.29 is 9.90 Å². The summed E-state index contributed by atoms with van der Waals surface area (Å²) in [6.07, 6.45) is 1.46. The van der Waals surface area contributed by atoms with Crippen LogP contribution in [0.4, 0.5) is 5.69 Å². The Morgan fingerprint density at radius 3 is 2.86 bits per heavy atom. The standard InChI is InChI=1S/C17H26N2O2/c1-4-8-18-14-5-6-15(12(2)10-14)17(21)19-9-7-16(20)13(3)11-19/h5-6,10,13,16,18,20H,4,7-9,11H2,1-3H3. The van der Waals surface area contributed by atoms with Gasteiger partial charge in [0.1, 0.15) is 0 Å². The van der Waals surface area contributed by atoms with E-state index in [4.69, 9.17) is 0 Å². The van der Waals surface area contributed by atoms with Crippen molar-refractivity contribution in [1.29, 1.82) is 0 Å². The predicted octanol–water partition coefficient (Wildman–Crippen LogP) is 2.66. The number of anilines is 1. The first-order chi connectivity index (χ1) is 10.0. The number of nitrogens with zero attached hydrogens (tertiary/aromatic N) is 1. The summed E-state index contributed by atoms with van der Waals surface area (Å²) >= 11 is 0. The quantitative estimate of drug-likeness (QED) is 0.896. The van der Waals surface area contributed by atoms with Crippen LogP contribution in [0.5, 0.6) is 0 Å². The number of hydrogen-bond donors (Lipinski definition) is 2. The zero-order valence-corrected chi connectivity index (χ0v) is 13.2. The van der Waals surface area contributed by atoms with E-state index in [0.717, 1.165) is 29.8 Å². The summed E-state index contributed by atoms with van der Waals surface area (Å²) in [6.45, 7) is 8.31. The predicted molar refractivity (Wildman–Crippen MR) is 85.7 cm³/mol. The summed E-state index contributed by atoms with van der Waals surface area (Å²) < 4.78 is 0. The molecule has 1 saturated heterocycles. The van der Waals surface area contributed by atoms with Crippen LogP contribution in [0, 0.1) is 12.8 Å². The van der Waals surface area contributed by atoms with Crippen LogP contribution in [0.25, 0.3) is 0 Å². The summed E-state index contributed by atoms with van der Waals surface area (Å²) in [6, 6.07) is 5.91. The number of carbonyl (C=O) groups excluding carboxylic acids is 1. The minimum absolute atomic E-state index is 0.0771. The Labute approximate surface area is 127 Å². The number of nitrogens with one attached hydrogen (secondary N) is 1. The van der Waals surface area contributed by atoms with E-state index in [-0.39, 0.29) is 17.9 Å². The smallest absolute Gasteiger partial charge is 0.254 e. The van der Waals surface area contributed by atoms with Crippen molar-refractivity contribution in [3.8, 4) is 0 Å². The summed E-state index contributed by atoms with van der Waals surface area (Å²) in [5.41, 5.74) is 2.83. The molecule has 1 aliphatic rings. The maximum Gasteiger partial charge on any atom is 0.254 e. The lowest BCUT2D eigenvalue weighted by atomic mass is 9.95. The van der Waals surface area contributed by atoms with Crippen molar-refractivity contribution in [3.05, 3.63) is 29.3 Å². The molecule has 4 heteroatoms. The fraction of sp³-hybridized carbons (Fsp3) is 0.588. The number of hydrogen-bond acceptors (Lipinski definition) is 3. The van der Waals surface area contributed by atoms with Gasteiger partial charge in [0.25, 0.3) is 5.91 Å². The van der Waals surface area contributed by atoms with Crippen LogP contribution >= 0.6 is 0 Å². The zero-order chi connectivity index (χ0) is 15.4. The van der Waals surface area contributed by atoms with Gasteiger partial charge in [0.15, 0.2) is 0 Å². The van der Waals surface area contributed by atoms with E-state index >= 15 is 0 Å². The van der Waals surface area contributed by atoms with Crippen molar-refractivity contribution in [2.75, 3.05) is 25.0 Å². The Morgan fingerprint density at radius 2 is 2.24 bits per heavy atom. The molecule has 1 aliphatic heterocycles. The molecule has 1 fully saturated rings. The third-order valence-corrected chi connectivity index (χ3v) is 4.18. The Hall–Kier alpha value is -1.55. The number of benzene rings is 1. The molecule has 0 aromatic heterocycles. The monoisotopic (exact) mass is 290 g/mol. The van der Waals surface area contributed by atoms with Crippen LogP contribution < -0.4 is 5.32 Å². The van der Waals surface area contributed by atoms with Gasteiger partial charge in [-0.15, -0.1) is 0 Å². The Bertz CT molecular complexity index is 502. The molecule has 2 rings (SSSR count). The number of likely N-dealkylation sites (tertiary alicyclic amines) is 1. The molecule has 1 aromatic carbocycles. The molecule has 0 aliphatic carbocycles. The van der Waals surface area contributed by atoms with Crippen LogP contribution in [0.3, 0.4) is 0 Å². The van der Waals surface area contributed by atoms with Gasteiger partial charge in [-0.05, 0) is 49.4 Å². The van der Waals surface area contributed by atoms with Crippen molar-refractivity contribution >= 4 is 11.6 Å². The van der Waals surface area contributed by atoms with Crippen molar-refractivity contribution in [2.45, 2.75) is 39.7 Å². The largest absolute Gasteiger partial charge is 0.393 e. The van der Waals surface area contributed by atoms with E-state index in [1.54, 1.807) is 0 Å². The highest BCUT2D eigenvalue weighted by Crippen LogP contribution is 2.21. The molecule has 2 N–H and O–H groups in total. The second-order valence-corrected chi connectivity index (χ2v) is 6.04. The first kappa shape index (κ1) is 15.8. The molecule has 0 spiro atoms. The lowest BCUT2D eigenvalue weighted by Gasteiger charge is -2.34. The van der Waals surface area contributed by atoms with Gasteiger partial charge in [-0.2, -0.15) is 0 Å². The molecule has 2 atom stereocenters. The Kier molecular flexibility index (Phi) is 5.23. The van der Waals surface area contributed by atoms with Gasteiger partial charge in [0.2, 0.25) is 0 Å². The SMILES string of the molecule is CCCNc1ccc(C(=O)N2CCC(O)C(C)C2)c(C)c1. The lowest BCUT2D eigenvalue weighted by molar-refractivity contribution is 0.0297. The molecule has 0 bridgehead atoms. The number of amides is 1. The first-order valence-electron chi connectivity index (χ1n) is 7.84. The minimum atomic E-state index is -0.282. The second-order valence-electron chi connectivity index (χ2n) is 6.04. The number of rotatable bonds is 4. The molecule has 1 aromatic rings. The molecular formula is C17H26N2O2. The van der Waals surface area contributed by atoms with Crippen molar-refractivity contribution in [2.24, 2.45) is 5.92 Å². The number of piperidine rings is 1. The van der Waals surface area contributed by atoms with E-state index in [1.165, 1.54) is 0 Å². The van der Waals surface area contributed by atoms with Gasteiger partial charge < -0.3 is 15.3 Å². The van der Waals surface area contributed by atoms with Gasteiger partial charge >= 0.3 is 0 Å². The van der Waals surface area contributed by atoms with Gasteiger partial charge in [0, 0.05) is 30.9 Å². The normalized spacial score (nSPS) is 22.2. The summed E-state index contributed by atoms with van der Waals surface area (Å²) in [5.74, 6) is 0.224. The molecule has 116 valence electrons. The number of aryl methyl sites for hydroxylation is 1. The summed E-state index contributed by atoms with van der Waals surface area (Å²) in [4.78, 5) is 14.5. The van der Waals surface area contributed by atoms with Crippen molar-refractivity contribution in [1.82, 2.24) is 4.90 Å². The maximum absolute atomic E-state index is 12.6. The molecule has 0 saturated carbocycles. The number of carbonyl (C=O) groups is 1. The first-order valence-corrected chi connectivity index (χ1v) is 7.84. The Balaban J connectivity index is 2.09. The molecular weight excluding hydrogens is 264 g/mol. The minimum Gasteiger partial charge on any atom is -0.393 e. The van der Waals surface area contributed by atoms with Crippen LogP contribution in [0.1, 0.15) is 42.6 Å².